The van der Waals surface area contributed by atoms with Gasteiger partial charge in [-0.15, -0.1) is 11.3 Å². The maximum absolute atomic E-state index is 5.62. The fourth-order valence-corrected chi connectivity index (χ4v) is 1.97. The first-order chi connectivity index (χ1) is 7.24. The normalized spacial score (nSPS) is 10.2. The summed E-state index contributed by atoms with van der Waals surface area (Å²) in [5.74, 6) is 0. The van der Waals surface area contributed by atoms with E-state index in [0.29, 0.717) is 5.69 Å². The molecule has 0 aliphatic carbocycles. The second-order valence-corrected chi connectivity index (χ2v) is 4.53. The van der Waals surface area contributed by atoms with E-state index in [0.717, 1.165) is 17.2 Å². The molecular formula is C10H12N4S. The molecule has 2 heterocycles. The number of anilines is 2. The van der Waals surface area contributed by atoms with Crippen molar-refractivity contribution in [1.29, 1.82) is 0 Å². The molecule has 0 atom stereocenters. The van der Waals surface area contributed by atoms with Crippen molar-refractivity contribution in [2.24, 2.45) is 0 Å². The van der Waals surface area contributed by atoms with Gasteiger partial charge in [0.1, 0.15) is 0 Å². The number of aryl methyl sites for hydroxylation is 1. The van der Waals surface area contributed by atoms with E-state index in [1.54, 1.807) is 23.7 Å². The Morgan fingerprint density at radius 3 is 2.93 bits per heavy atom. The monoisotopic (exact) mass is 220 g/mol. The molecule has 0 amide bonds. The van der Waals surface area contributed by atoms with E-state index in [2.05, 4.69) is 15.3 Å². The molecule has 0 radical (unpaired) electrons. The lowest BCUT2D eigenvalue weighted by Crippen LogP contribution is -1.98. The van der Waals surface area contributed by atoms with E-state index >= 15 is 0 Å². The number of hydrogen-bond donors (Lipinski definition) is 2. The molecule has 0 unspecified atom stereocenters. The van der Waals surface area contributed by atoms with Crippen LogP contribution in [-0.2, 0) is 6.54 Å². The highest BCUT2D eigenvalue weighted by molar-refractivity contribution is 7.11. The number of thiazole rings is 1. The highest BCUT2D eigenvalue weighted by atomic mass is 32.1. The molecule has 0 aliphatic heterocycles. The summed E-state index contributed by atoms with van der Waals surface area (Å²) in [6.45, 7) is 2.76. The van der Waals surface area contributed by atoms with Gasteiger partial charge in [-0.25, -0.2) is 4.98 Å². The number of nitrogens with two attached hydrogens (primary N) is 1. The van der Waals surface area contributed by atoms with Gasteiger partial charge in [-0.1, -0.05) is 0 Å². The predicted octanol–water partition coefficient (Wildman–Crippen LogP) is 2.04. The predicted molar refractivity (Wildman–Crippen MR) is 62.8 cm³/mol. The Morgan fingerprint density at radius 1 is 1.40 bits per heavy atom. The minimum atomic E-state index is 0.667. The van der Waals surface area contributed by atoms with Gasteiger partial charge in [-0.3, -0.25) is 4.98 Å². The van der Waals surface area contributed by atoms with Crippen LogP contribution in [0.2, 0.25) is 0 Å². The molecule has 0 saturated carbocycles. The summed E-state index contributed by atoms with van der Waals surface area (Å²) in [5, 5.41) is 4.32. The SMILES string of the molecule is Cc1ncc(CNc2cncc(N)c2)s1. The maximum Gasteiger partial charge on any atom is 0.0897 e. The van der Waals surface area contributed by atoms with Crippen molar-refractivity contribution in [3.05, 3.63) is 34.5 Å². The Morgan fingerprint density at radius 2 is 2.27 bits per heavy atom. The van der Waals surface area contributed by atoms with Crippen LogP contribution in [0.1, 0.15) is 9.88 Å². The Labute approximate surface area is 92.2 Å². The van der Waals surface area contributed by atoms with Gasteiger partial charge in [0.2, 0.25) is 0 Å². The highest BCUT2D eigenvalue weighted by Crippen LogP contribution is 2.15. The number of nitrogens with one attached hydrogen (secondary N) is 1. The minimum absolute atomic E-state index is 0.667. The summed E-state index contributed by atoms with van der Waals surface area (Å²) in [4.78, 5) is 9.39. The second kappa shape index (κ2) is 4.27. The molecule has 4 nitrogen and oxygen atoms in total. The average Bonchev–Trinajstić information content (AvgIpc) is 2.62. The molecule has 0 bridgehead atoms. The summed E-state index contributed by atoms with van der Waals surface area (Å²) >= 11 is 1.69. The zero-order chi connectivity index (χ0) is 10.7. The molecule has 2 aromatic heterocycles. The lowest BCUT2D eigenvalue weighted by atomic mass is 10.3. The molecule has 0 saturated heterocycles. The highest BCUT2D eigenvalue weighted by Gasteiger charge is 1.98. The first kappa shape index (κ1) is 9.92. The number of rotatable bonds is 3. The lowest BCUT2D eigenvalue weighted by Gasteiger charge is -2.03. The number of hydrogen-bond acceptors (Lipinski definition) is 5. The van der Waals surface area contributed by atoms with Crippen LogP contribution in [0.25, 0.3) is 0 Å². The van der Waals surface area contributed by atoms with Gasteiger partial charge in [0, 0.05) is 17.3 Å². The summed E-state index contributed by atoms with van der Waals surface area (Å²) in [7, 11) is 0. The smallest absolute Gasteiger partial charge is 0.0897 e. The van der Waals surface area contributed by atoms with Gasteiger partial charge in [0.15, 0.2) is 0 Å². The van der Waals surface area contributed by atoms with Crippen molar-refractivity contribution < 1.29 is 0 Å². The van der Waals surface area contributed by atoms with E-state index in [1.807, 2.05) is 19.2 Å². The number of nitrogen functional groups attached to an aromatic ring is 1. The van der Waals surface area contributed by atoms with E-state index < -0.39 is 0 Å². The molecule has 2 rings (SSSR count). The van der Waals surface area contributed by atoms with Crippen LogP contribution < -0.4 is 11.1 Å². The van der Waals surface area contributed by atoms with Crippen molar-refractivity contribution in [3.8, 4) is 0 Å². The third-order valence-electron chi connectivity index (χ3n) is 1.90. The van der Waals surface area contributed by atoms with Gasteiger partial charge in [-0.2, -0.15) is 0 Å². The Kier molecular flexibility index (Phi) is 2.82. The summed E-state index contributed by atoms with van der Waals surface area (Å²) in [6, 6.07) is 1.86. The standard InChI is InChI=1S/C10H12N4S/c1-7-13-5-10(15-7)6-14-9-2-8(11)3-12-4-9/h2-5,14H,6,11H2,1H3. The van der Waals surface area contributed by atoms with Crippen LogP contribution in [-0.4, -0.2) is 9.97 Å². The molecule has 15 heavy (non-hydrogen) atoms. The van der Waals surface area contributed by atoms with Gasteiger partial charge in [0.05, 0.1) is 29.1 Å². The van der Waals surface area contributed by atoms with Gasteiger partial charge in [-0.05, 0) is 13.0 Å². The van der Waals surface area contributed by atoms with E-state index in [4.69, 9.17) is 5.73 Å². The van der Waals surface area contributed by atoms with Crippen LogP contribution in [0.4, 0.5) is 11.4 Å². The Bertz CT molecular complexity index is 452. The van der Waals surface area contributed by atoms with E-state index in [9.17, 15) is 0 Å². The largest absolute Gasteiger partial charge is 0.397 e. The molecule has 0 aliphatic rings. The summed E-state index contributed by atoms with van der Waals surface area (Å²) in [5.41, 5.74) is 7.22. The maximum atomic E-state index is 5.62. The van der Waals surface area contributed by atoms with Crippen LogP contribution in [0.3, 0.4) is 0 Å². The molecule has 3 N–H and O–H groups in total. The third kappa shape index (κ3) is 2.66. The molecule has 78 valence electrons. The molecule has 2 aromatic rings. The zero-order valence-corrected chi connectivity index (χ0v) is 9.21. The van der Waals surface area contributed by atoms with Crippen LogP contribution in [0, 0.1) is 6.92 Å². The number of pyridine rings is 1. The number of nitrogens with zero attached hydrogens (tertiary/aromatic N) is 2. The Balaban J connectivity index is 1.99. The van der Waals surface area contributed by atoms with E-state index in [1.165, 1.54) is 4.88 Å². The van der Waals surface area contributed by atoms with Gasteiger partial charge >= 0.3 is 0 Å². The van der Waals surface area contributed by atoms with Crippen LogP contribution in [0.15, 0.2) is 24.7 Å². The summed E-state index contributed by atoms with van der Waals surface area (Å²) in [6.07, 6.45) is 5.26. The van der Waals surface area contributed by atoms with Crippen LogP contribution in [0.5, 0.6) is 0 Å². The molecular weight excluding hydrogens is 208 g/mol. The van der Waals surface area contributed by atoms with Crippen molar-refractivity contribution in [1.82, 2.24) is 9.97 Å². The van der Waals surface area contributed by atoms with Gasteiger partial charge < -0.3 is 11.1 Å². The molecule has 0 fully saturated rings. The molecule has 0 spiro atoms. The van der Waals surface area contributed by atoms with Crippen molar-refractivity contribution in [2.45, 2.75) is 13.5 Å². The quantitative estimate of drug-likeness (QED) is 0.830. The third-order valence-corrected chi connectivity index (χ3v) is 2.81. The first-order valence-corrected chi connectivity index (χ1v) is 5.41. The second-order valence-electron chi connectivity index (χ2n) is 3.21. The lowest BCUT2D eigenvalue weighted by molar-refractivity contribution is 1.16. The van der Waals surface area contributed by atoms with Crippen molar-refractivity contribution >= 4 is 22.7 Å². The van der Waals surface area contributed by atoms with E-state index in [-0.39, 0.29) is 0 Å². The first-order valence-electron chi connectivity index (χ1n) is 4.60. The van der Waals surface area contributed by atoms with Crippen LogP contribution >= 0.6 is 11.3 Å². The fourth-order valence-electron chi connectivity index (χ4n) is 1.23. The molecule has 5 heteroatoms. The average molecular weight is 220 g/mol. The fraction of sp³-hybridized carbons (Fsp3) is 0.200. The summed E-state index contributed by atoms with van der Waals surface area (Å²) < 4.78 is 0. The molecule has 0 aromatic carbocycles. The Hall–Kier alpha value is -1.62. The van der Waals surface area contributed by atoms with Gasteiger partial charge in [0.25, 0.3) is 0 Å². The van der Waals surface area contributed by atoms with Crippen molar-refractivity contribution in [2.75, 3.05) is 11.1 Å². The topological polar surface area (TPSA) is 63.8 Å². The van der Waals surface area contributed by atoms with Crippen molar-refractivity contribution in [3.63, 3.8) is 0 Å². The zero-order valence-electron chi connectivity index (χ0n) is 8.40. The number of aromatic nitrogens is 2. The minimum Gasteiger partial charge on any atom is -0.397 e.